The van der Waals surface area contributed by atoms with Crippen molar-refractivity contribution >= 4 is 46.4 Å². The van der Waals surface area contributed by atoms with Crippen LogP contribution >= 0.6 is 11.8 Å². The molecule has 4 aromatic rings. The van der Waals surface area contributed by atoms with Gasteiger partial charge in [-0.2, -0.15) is 11.8 Å². The molecule has 1 aromatic heterocycles. The van der Waals surface area contributed by atoms with Crippen molar-refractivity contribution in [3.8, 4) is 5.75 Å². The second-order valence-electron chi connectivity index (χ2n) is 11.0. The number of carboxylic acid groups (broad SMARTS) is 1. The zero-order valence-electron chi connectivity index (χ0n) is 25.4. The number of H-pyrrole nitrogens is 1. The summed E-state index contributed by atoms with van der Waals surface area (Å²) >= 11 is 1.48. The van der Waals surface area contributed by atoms with Crippen molar-refractivity contribution in [3.05, 3.63) is 102 Å². The minimum absolute atomic E-state index is 0.0416. The van der Waals surface area contributed by atoms with Gasteiger partial charge in [-0.05, 0) is 59.7 Å². The molecule has 46 heavy (non-hydrogen) atoms. The number of phenolic OH excluding ortho intramolecular Hbond substituents is 1. The summed E-state index contributed by atoms with van der Waals surface area (Å²) in [5.74, 6) is -2.38. The van der Waals surface area contributed by atoms with Gasteiger partial charge in [0.15, 0.2) is 0 Å². The lowest BCUT2D eigenvalue weighted by atomic mass is 10.0. The second-order valence-corrected chi connectivity index (χ2v) is 12.0. The highest BCUT2D eigenvalue weighted by molar-refractivity contribution is 7.98. The number of aromatic amines is 1. The lowest BCUT2D eigenvalue weighted by molar-refractivity contribution is -0.142. The largest absolute Gasteiger partial charge is 0.508 e. The van der Waals surface area contributed by atoms with E-state index in [1.807, 2.05) is 60.9 Å². The van der Waals surface area contributed by atoms with Crippen molar-refractivity contribution in [2.24, 2.45) is 5.73 Å². The number of fused-ring (bicyclic) bond motifs is 1. The number of benzene rings is 3. The first-order valence-electron chi connectivity index (χ1n) is 14.9. The minimum atomic E-state index is -1.24. The number of phenols is 1. The van der Waals surface area contributed by atoms with Gasteiger partial charge < -0.3 is 36.9 Å². The number of aromatic nitrogens is 1. The number of nitrogens with one attached hydrogen (secondary N) is 4. The smallest absolute Gasteiger partial charge is 0.326 e. The Morgan fingerprint density at radius 2 is 1.37 bits per heavy atom. The Bertz CT molecular complexity index is 1630. The third-order valence-electron chi connectivity index (χ3n) is 7.60. The SMILES string of the molecule is CSCCC(NC(=O)C(Cc1ccccc1)NC(=O)C(N)Cc1ccc(O)cc1)C(=O)NC(Cc1c[nH]c2ccccc12)C(=O)O. The summed E-state index contributed by atoms with van der Waals surface area (Å²) in [5, 5.41) is 28.5. The summed E-state index contributed by atoms with van der Waals surface area (Å²) in [5.41, 5.74) is 9.30. The Balaban J connectivity index is 1.48. The van der Waals surface area contributed by atoms with Gasteiger partial charge in [0.1, 0.15) is 23.9 Å². The quantitative estimate of drug-likeness (QED) is 0.0969. The van der Waals surface area contributed by atoms with E-state index < -0.39 is 47.9 Å². The molecule has 11 nitrogen and oxygen atoms in total. The maximum atomic E-state index is 13.7. The number of carboxylic acids is 1. The number of amides is 3. The summed E-state index contributed by atoms with van der Waals surface area (Å²) in [7, 11) is 0. The number of hydrogen-bond acceptors (Lipinski definition) is 7. The standard InChI is InChI=1S/C34H39N5O6S/c1-46-16-15-28(32(42)39-30(34(44)45)19-23-20-36-27-10-6-5-9-25(23)27)37-33(43)29(18-21-7-3-2-4-8-21)38-31(41)26(35)17-22-11-13-24(40)14-12-22/h2-14,20,26,28-30,36,40H,15-19,35H2,1H3,(H,37,43)(H,38,41)(H,39,42)(H,44,45). The zero-order valence-corrected chi connectivity index (χ0v) is 26.3. The highest BCUT2D eigenvalue weighted by Crippen LogP contribution is 2.19. The predicted octanol–water partition coefficient (Wildman–Crippen LogP) is 2.52. The molecule has 0 bridgehead atoms. The van der Waals surface area contributed by atoms with Gasteiger partial charge in [-0.1, -0.05) is 60.7 Å². The molecule has 0 aliphatic heterocycles. The molecule has 1 heterocycles. The van der Waals surface area contributed by atoms with Gasteiger partial charge in [-0.15, -0.1) is 0 Å². The van der Waals surface area contributed by atoms with Gasteiger partial charge in [0.25, 0.3) is 0 Å². The van der Waals surface area contributed by atoms with Crippen molar-refractivity contribution in [2.45, 2.75) is 49.9 Å². The molecule has 0 radical (unpaired) electrons. The third-order valence-corrected chi connectivity index (χ3v) is 8.25. The molecular formula is C34H39N5O6S. The van der Waals surface area contributed by atoms with Crippen LogP contribution in [0.25, 0.3) is 10.9 Å². The number of nitrogens with two attached hydrogens (primary N) is 1. The first kappa shape index (κ1) is 34.1. The van der Waals surface area contributed by atoms with Crippen LogP contribution in [0.3, 0.4) is 0 Å². The molecule has 0 spiro atoms. The van der Waals surface area contributed by atoms with E-state index in [-0.39, 0.29) is 31.4 Å². The first-order valence-corrected chi connectivity index (χ1v) is 16.3. The molecule has 0 aliphatic carbocycles. The van der Waals surface area contributed by atoms with E-state index in [0.29, 0.717) is 5.75 Å². The van der Waals surface area contributed by atoms with Gasteiger partial charge >= 0.3 is 5.97 Å². The van der Waals surface area contributed by atoms with Crippen molar-refractivity contribution in [3.63, 3.8) is 0 Å². The number of carbonyl (C=O) groups is 4. The Morgan fingerprint density at radius 1 is 0.761 bits per heavy atom. The molecule has 0 aliphatic rings. The third kappa shape index (κ3) is 9.59. The van der Waals surface area contributed by atoms with Crippen molar-refractivity contribution in [1.29, 1.82) is 0 Å². The van der Waals surface area contributed by atoms with E-state index in [2.05, 4.69) is 20.9 Å². The maximum Gasteiger partial charge on any atom is 0.326 e. The predicted molar refractivity (Wildman–Crippen MR) is 178 cm³/mol. The maximum absolute atomic E-state index is 13.7. The average molecular weight is 646 g/mol. The van der Waals surface area contributed by atoms with Crippen LogP contribution in [0, 0.1) is 0 Å². The molecule has 242 valence electrons. The molecule has 4 unspecified atom stereocenters. The molecule has 0 saturated carbocycles. The van der Waals surface area contributed by atoms with E-state index in [9.17, 15) is 29.4 Å². The Morgan fingerprint density at radius 3 is 2.07 bits per heavy atom. The van der Waals surface area contributed by atoms with Crippen LogP contribution < -0.4 is 21.7 Å². The summed E-state index contributed by atoms with van der Waals surface area (Å²) < 4.78 is 0. The fourth-order valence-corrected chi connectivity index (χ4v) is 5.56. The molecule has 4 atom stereocenters. The number of aromatic hydroxyl groups is 1. The van der Waals surface area contributed by atoms with Crippen molar-refractivity contribution in [1.82, 2.24) is 20.9 Å². The lowest BCUT2D eigenvalue weighted by Gasteiger charge is -2.25. The fraction of sp³-hybridized carbons (Fsp3) is 0.294. The lowest BCUT2D eigenvalue weighted by Crippen LogP contribution is -2.58. The van der Waals surface area contributed by atoms with E-state index >= 15 is 0 Å². The van der Waals surface area contributed by atoms with E-state index in [1.54, 1.807) is 18.3 Å². The van der Waals surface area contributed by atoms with Crippen LogP contribution in [0.2, 0.25) is 0 Å². The van der Waals surface area contributed by atoms with Crippen LogP contribution in [-0.2, 0) is 38.4 Å². The molecule has 3 amide bonds. The number of carbonyl (C=O) groups excluding carboxylic acids is 3. The molecular weight excluding hydrogens is 606 g/mol. The van der Waals surface area contributed by atoms with Gasteiger partial charge in [-0.25, -0.2) is 4.79 Å². The monoisotopic (exact) mass is 645 g/mol. The Labute approximate surface area is 271 Å². The fourth-order valence-electron chi connectivity index (χ4n) is 5.09. The van der Waals surface area contributed by atoms with Gasteiger partial charge in [-0.3, -0.25) is 14.4 Å². The normalized spacial score (nSPS) is 13.7. The van der Waals surface area contributed by atoms with Crippen LogP contribution in [0.4, 0.5) is 0 Å². The van der Waals surface area contributed by atoms with Crippen molar-refractivity contribution in [2.75, 3.05) is 12.0 Å². The van der Waals surface area contributed by atoms with E-state index in [1.165, 1.54) is 23.9 Å². The van der Waals surface area contributed by atoms with Gasteiger partial charge in [0.2, 0.25) is 17.7 Å². The summed E-state index contributed by atoms with van der Waals surface area (Å²) in [6.45, 7) is 0. The zero-order chi connectivity index (χ0) is 33.1. The molecule has 3 aromatic carbocycles. The summed E-state index contributed by atoms with van der Waals surface area (Å²) in [6, 6.07) is 18.6. The van der Waals surface area contributed by atoms with Crippen LogP contribution in [-0.4, -0.2) is 75.1 Å². The number of para-hydroxylation sites is 1. The molecule has 12 heteroatoms. The number of aliphatic carboxylic acids is 1. The van der Waals surface area contributed by atoms with Crippen LogP contribution in [0.15, 0.2) is 85.1 Å². The van der Waals surface area contributed by atoms with Gasteiger partial charge in [0.05, 0.1) is 6.04 Å². The number of rotatable bonds is 16. The van der Waals surface area contributed by atoms with E-state index in [0.717, 1.165) is 27.6 Å². The van der Waals surface area contributed by atoms with Gasteiger partial charge in [0, 0.05) is 29.9 Å². The van der Waals surface area contributed by atoms with E-state index in [4.69, 9.17) is 5.73 Å². The molecule has 0 fully saturated rings. The minimum Gasteiger partial charge on any atom is -0.508 e. The molecule has 8 N–H and O–H groups in total. The molecule has 0 saturated heterocycles. The van der Waals surface area contributed by atoms with Crippen LogP contribution in [0.1, 0.15) is 23.1 Å². The van der Waals surface area contributed by atoms with Crippen LogP contribution in [0.5, 0.6) is 5.75 Å². The second kappa shape index (κ2) is 16.5. The Hall–Kier alpha value is -4.81. The number of thioether (sulfide) groups is 1. The average Bonchev–Trinajstić information content (AvgIpc) is 3.46. The van der Waals surface area contributed by atoms with Crippen molar-refractivity contribution < 1.29 is 29.4 Å². The molecule has 4 rings (SSSR count). The summed E-state index contributed by atoms with van der Waals surface area (Å²) in [6.07, 6.45) is 4.19. The highest BCUT2D eigenvalue weighted by Gasteiger charge is 2.31. The first-order chi connectivity index (χ1) is 22.1. The highest BCUT2D eigenvalue weighted by atomic mass is 32.2. The number of hydrogen-bond donors (Lipinski definition) is 7. The summed E-state index contributed by atoms with van der Waals surface area (Å²) in [4.78, 5) is 55.7. The topological polar surface area (TPSA) is 187 Å². The Kier molecular flexibility index (Phi) is 12.2.